The molecule has 1 unspecified atom stereocenters. The van der Waals surface area contributed by atoms with Crippen LogP contribution in [-0.2, 0) is 11.3 Å². The van der Waals surface area contributed by atoms with E-state index in [-0.39, 0.29) is 6.10 Å². The number of hydrogen-bond acceptors (Lipinski definition) is 5. The lowest BCUT2D eigenvalue weighted by Crippen LogP contribution is -2.29. The molecule has 2 saturated heterocycles. The Kier molecular flexibility index (Phi) is 2.36. The molecule has 2 bridgehead atoms. The highest BCUT2D eigenvalue weighted by molar-refractivity contribution is 6.28. The van der Waals surface area contributed by atoms with E-state index in [4.69, 9.17) is 21.3 Å². The van der Waals surface area contributed by atoms with Crippen LogP contribution in [0, 0.1) is 5.92 Å². The highest BCUT2D eigenvalue weighted by Crippen LogP contribution is 2.44. The summed E-state index contributed by atoms with van der Waals surface area (Å²) < 4.78 is 7.81. The third kappa shape index (κ3) is 1.60. The minimum Gasteiger partial charge on any atom is -0.369 e. The van der Waals surface area contributed by atoms with Crippen molar-refractivity contribution in [2.45, 2.75) is 38.5 Å². The molecule has 21 heavy (non-hydrogen) atoms. The van der Waals surface area contributed by atoms with Crippen molar-refractivity contribution in [3.05, 3.63) is 11.1 Å². The molecule has 0 aromatic carbocycles. The fourth-order valence-corrected chi connectivity index (χ4v) is 4.05. The van der Waals surface area contributed by atoms with Gasteiger partial charge in [-0.2, -0.15) is 9.97 Å². The molecule has 0 spiro atoms. The molecule has 6 nitrogen and oxygen atoms in total. The van der Waals surface area contributed by atoms with Gasteiger partial charge in [0, 0.05) is 19.1 Å². The lowest BCUT2D eigenvalue weighted by Gasteiger charge is -2.26. The summed E-state index contributed by atoms with van der Waals surface area (Å²) in [5, 5.41) is 0.309. The quantitative estimate of drug-likeness (QED) is 0.756. The molecule has 1 atom stereocenters. The molecule has 3 aliphatic heterocycles. The van der Waals surface area contributed by atoms with Crippen LogP contribution in [0.25, 0.3) is 11.2 Å². The number of ether oxygens (including phenoxy) is 1. The zero-order valence-electron chi connectivity index (χ0n) is 11.8. The molecule has 110 valence electrons. The van der Waals surface area contributed by atoms with Crippen LogP contribution < -0.4 is 4.90 Å². The van der Waals surface area contributed by atoms with Gasteiger partial charge in [-0.1, -0.05) is 0 Å². The maximum Gasteiger partial charge on any atom is 0.226 e. The van der Waals surface area contributed by atoms with Crippen molar-refractivity contribution in [2.75, 3.05) is 18.1 Å². The van der Waals surface area contributed by atoms with E-state index < -0.39 is 0 Å². The third-order valence-corrected chi connectivity index (χ3v) is 5.17. The van der Waals surface area contributed by atoms with Gasteiger partial charge in [0.15, 0.2) is 17.0 Å². The van der Waals surface area contributed by atoms with Crippen molar-refractivity contribution in [1.82, 2.24) is 19.5 Å². The van der Waals surface area contributed by atoms with Gasteiger partial charge < -0.3 is 14.2 Å². The number of halogens is 1. The van der Waals surface area contributed by atoms with E-state index in [0.717, 1.165) is 41.8 Å². The molecule has 2 aromatic heterocycles. The van der Waals surface area contributed by atoms with Crippen LogP contribution in [0.1, 0.15) is 31.7 Å². The topological polar surface area (TPSA) is 56.1 Å². The Morgan fingerprint density at radius 3 is 2.86 bits per heavy atom. The zero-order chi connectivity index (χ0) is 14.1. The number of anilines is 1. The molecule has 4 aliphatic rings. The second-order valence-electron chi connectivity index (χ2n) is 6.27. The summed E-state index contributed by atoms with van der Waals surface area (Å²) in [5.41, 5.74) is 1.72. The van der Waals surface area contributed by atoms with Crippen molar-refractivity contribution < 1.29 is 4.74 Å². The molecule has 0 radical (unpaired) electrons. The van der Waals surface area contributed by atoms with Crippen LogP contribution >= 0.6 is 11.6 Å². The SMILES string of the molecule is CC1OCCn2c1nc1c(N3CC4CC3C4)nc(Cl)nc12. The Hall–Kier alpha value is -1.40. The Bertz CT molecular complexity index is 739. The van der Waals surface area contributed by atoms with Crippen molar-refractivity contribution in [3.63, 3.8) is 0 Å². The minimum absolute atomic E-state index is 0.00757. The average molecular weight is 306 g/mol. The summed E-state index contributed by atoms with van der Waals surface area (Å²) in [6.45, 7) is 4.56. The van der Waals surface area contributed by atoms with E-state index in [1.54, 1.807) is 0 Å². The highest BCUT2D eigenvalue weighted by Gasteiger charge is 2.44. The van der Waals surface area contributed by atoms with E-state index in [1.807, 2.05) is 6.92 Å². The van der Waals surface area contributed by atoms with Crippen molar-refractivity contribution in [1.29, 1.82) is 0 Å². The number of imidazole rings is 1. The Morgan fingerprint density at radius 2 is 2.10 bits per heavy atom. The first-order valence-electron chi connectivity index (χ1n) is 7.52. The van der Waals surface area contributed by atoms with Crippen LogP contribution in [0.4, 0.5) is 5.82 Å². The molecule has 3 fully saturated rings. The summed E-state index contributed by atoms with van der Waals surface area (Å²) >= 11 is 6.18. The van der Waals surface area contributed by atoms with Gasteiger partial charge in [-0.05, 0) is 37.3 Å². The lowest BCUT2D eigenvalue weighted by molar-refractivity contribution is 0.0304. The molecular formula is C14H16ClN5O. The monoisotopic (exact) mass is 305 g/mol. The molecule has 2 aromatic rings. The maximum absolute atomic E-state index is 6.18. The molecule has 1 saturated carbocycles. The second kappa shape index (κ2) is 4.08. The van der Waals surface area contributed by atoms with Gasteiger partial charge in [0.2, 0.25) is 5.28 Å². The normalized spacial score (nSPS) is 30.6. The smallest absolute Gasteiger partial charge is 0.226 e. The minimum atomic E-state index is -0.00757. The van der Waals surface area contributed by atoms with Gasteiger partial charge in [-0.3, -0.25) is 0 Å². The van der Waals surface area contributed by atoms with Gasteiger partial charge in [-0.15, -0.1) is 0 Å². The number of rotatable bonds is 1. The van der Waals surface area contributed by atoms with Crippen LogP contribution in [0.15, 0.2) is 0 Å². The summed E-state index contributed by atoms with van der Waals surface area (Å²) in [6, 6.07) is 0.608. The van der Waals surface area contributed by atoms with Crippen LogP contribution in [0.5, 0.6) is 0 Å². The number of hydrogen-bond donors (Lipinski definition) is 0. The fourth-order valence-electron chi connectivity index (χ4n) is 3.89. The van der Waals surface area contributed by atoms with Gasteiger partial charge in [0.25, 0.3) is 0 Å². The molecule has 1 aliphatic carbocycles. The van der Waals surface area contributed by atoms with Gasteiger partial charge in [0.05, 0.1) is 6.61 Å². The second-order valence-corrected chi connectivity index (χ2v) is 6.60. The van der Waals surface area contributed by atoms with Crippen LogP contribution in [0.2, 0.25) is 5.28 Å². The summed E-state index contributed by atoms with van der Waals surface area (Å²) in [7, 11) is 0. The van der Waals surface area contributed by atoms with Gasteiger partial charge in [-0.25, -0.2) is 4.98 Å². The largest absolute Gasteiger partial charge is 0.369 e. The summed E-state index contributed by atoms with van der Waals surface area (Å²) in [6.07, 6.45) is 2.54. The van der Waals surface area contributed by atoms with E-state index >= 15 is 0 Å². The van der Waals surface area contributed by atoms with E-state index in [1.165, 1.54) is 12.8 Å². The van der Waals surface area contributed by atoms with Crippen molar-refractivity contribution in [3.8, 4) is 0 Å². The van der Waals surface area contributed by atoms with Gasteiger partial charge >= 0.3 is 0 Å². The molecule has 5 heterocycles. The number of aromatic nitrogens is 4. The zero-order valence-corrected chi connectivity index (χ0v) is 12.5. The standard InChI is InChI=1S/C14H16ClN5O/c1-7-11-16-10-12(19(11)2-3-21-7)17-14(15)18-13(10)20-6-8-4-9(20)5-8/h7-9H,2-6H2,1H3. The molecule has 7 heteroatoms. The fraction of sp³-hybridized carbons (Fsp3) is 0.643. The highest BCUT2D eigenvalue weighted by atomic mass is 35.5. The molecule has 0 amide bonds. The first kappa shape index (κ1) is 12.2. The molecular weight excluding hydrogens is 290 g/mol. The summed E-state index contributed by atoms with van der Waals surface area (Å²) in [4.78, 5) is 16.1. The van der Waals surface area contributed by atoms with Crippen molar-refractivity contribution >= 4 is 28.6 Å². The Balaban J connectivity index is 1.74. The predicted octanol–water partition coefficient (Wildman–Crippen LogP) is 2.17. The van der Waals surface area contributed by atoms with Crippen molar-refractivity contribution in [2.24, 2.45) is 5.92 Å². The Morgan fingerprint density at radius 1 is 1.24 bits per heavy atom. The summed E-state index contributed by atoms with van der Waals surface area (Å²) in [5.74, 6) is 2.66. The van der Waals surface area contributed by atoms with Crippen LogP contribution in [0.3, 0.4) is 0 Å². The first-order valence-corrected chi connectivity index (χ1v) is 7.90. The maximum atomic E-state index is 6.18. The number of nitrogens with zero attached hydrogens (tertiary/aromatic N) is 5. The Labute approximate surface area is 127 Å². The lowest BCUT2D eigenvalue weighted by atomic mass is 9.86. The third-order valence-electron chi connectivity index (χ3n) is 5.00. The first-order chi connectivity index (χ1) is 10.2. The molecule has 0 N–H and O–H groups in total. The van der Waals surface area contributed by atoms with Gasteiger partial charge in [0.1, 0.15) is 11.9 Å². The van der Waals surface area contributed by atoms with Crippen LogP contribution in [-0.4, -0.2) is 38.7 Å². The van der Waals surface area contributed by atoms with E-state index in [9.17, 15) is 0 Å². The molecule has 6 rings (SSSR count). The average Bonchev–Trinajstić information content (AvgIpc) is 3.09. The number of fused-ring (bicyclic) bond motifs is 4. The van der Waals surface area contributed by atoms with E-state index in [0.29, 0.717) is 17.9 Å². The van der Waals surface area contributed by atoms with E-state index in [2.05, 4.69) is 19.4 Å². The predicted molar refractivity (Wildman–Crippen MR) is 78.6 cm³/mol.